The number of rotatable bonds is 6. The van der Waals surface area contributed by atoms with E-state index in [9.17, 15) is 5.26 Å². The normalized spacial score (nSPS) is 30.9. The lowest BCUT2D eigenvalue weighted by atomic mass is 9.85. The summed E-state index contributed by atoms with van der Waals surface area (Å²) in [7, 11) is 2.21. The van der Waals surface area contributed by atoms with Crippen molar-refractivity contribution in [3.05, 3.63) is 0 Å². The van der Waals surface area contributed by atoms with Crippen molar-refractivity contribution >= 4 is 0 Å². The first-order valence-corrected chi connectivity index (χ1v) is 7.97. The Morgan fingerprint density at radius 1 is 1.21 bits per heavy atom. The van der Waals surface area contributed by atoms with Crippen molar-refractivity contribution in [1.82, 2.24) is 10.2 Å². The van der Waals surface area contributed by atoms with Gasteiger partial charge in [-0.2, -0.15) is 5.26 Å². The first kappa shape index (κ1) is 14.8. The third kappa shape index (κ3) is 3.49. The standard InChI is InChI=1S/C16H29N3/c1-4-18-16(11-17,14-7-8-14)12-19(3)15-9-5-13(2)6-10-15/h13-15,18H,4-10,12H2,1-3H3. The quantitative estimate of drug-likeness (QED) is 0.801. The fourth-order valence-electron chi connectivity index (χ4n) is 3.59. The molecule has 0 bridgehead atoms. The zero-order valence-corrected chi connectivity index (χ0v) is 12.8. The summed E-state index contributed by atoms with van der Waals surface area (Å²) in [6.07, 6.45) is 7.73. The SMILES string of the molecule is CCNC(C#N)(CN(C)C1CCC(C)CC1)C1CC1. The van der Waals surface area contributed by atoms with E-state index in [1.165, 1.54) is 38.5 Å². The van der Waals surface area contributed by atoms with Crippen LogP contribution in [0.3, 0.4) is 0 Å². The summed E-state index contributed by atoms with van der Waals surface area (Å²) in [5, 5.41) is 13.2. The summed E-state index contributed by atoms with van der Waals surface area (Å²) >= 11 is 0. The van der Waals surface area contributed by atoms with E-state index in [1.807, 2.05) is 0 Å². The first-order valence-electron chi connectivity index (χ1n) is 7.97. The molecular formula is C16H29N3. The summed E-state index contributed by atoms with van der Waals surface area (Å²) in [6.45, 7) is 6.25. The molecule has 0 amide bonds. The highest BCUT2D eigenvalue weighted by Crippen LogP contribution is 2.40. The Labute approximate surface area is 118 Å². The average Bonchev–Trinajstić information content (AvgIpc) is 3.23. The topological polar surface area (TPSA) is 39.1 Å². The van der Waals surface area contributed by atoms with Crippen molar-refractivity contribution in [2.45, 2.75) is 64.0 Å². The number of hydrogen-bond acceptors (Lipinski definition) is 3. The minimum absolute atomic E-state index is 0.299. The monoisotopic (exact) mass is 263 g/mol. The Hall–Kier alpha value is -0.590. The molecular weight excluding hydrogens is 234 g/mol. The van der Waals surface area contributed by atoms with Crippen LogP contribution in [0.1, 0.15) is 52.4 Å². The molecule has 0 radical (unpaired) electrons. The molecule has 2 aliphatic rings. The summed E-state index contributed by atoms with van der Waals surface area (Å²) in [6, 6.07) is 3.29. The predicted octanol–water partition coefficient (Wildman–Crippen LogP) is 2.78. The minimum atomic E-state index is -0.299. The van der Waals surface area contributed by atoms with Crippen LogP contribution in [0.15, 0.2) is 0 Å². The van der Waals surface area contributed by atoms with Gasteiger partial charge in [-0.15, -0.1) is 0 Å². The molecule has 0 heterocycles. The van der Waals surface area contributed by atoms with Gasteiger partial charge in [0.2, 0.25) is 0 Å². The number of hydrogen-bond donors (Lipinski definition) is 1. The Morgan fingerprint density at radius 2 is 1.84 bits per heavy atom. The lowest BCUT2D eigenvalue weighted by Crippen LogP contribution is -2.55. The van der Waals surface area contributed by atoms with Gasteiger partial charge in [-0.25, -0.2) is 0 Å². The van der Waals surface area contributed by atoms with Gasteiger partial charge in [0, 0.05) is 12.6 Å². The number of nitriles is 1. The third-order valence-corrected chi connectivity index (χ3v) is 5.07. The van der Waals surface area contributed by atoms with E-state index in [4.69, 9.17) is 0 Å². The van der Waals surface area contributed by atoms with E-state index >= 15 is 0 Å². The molecule has 0 saturated heterocycles. The van der Waals surface area contributed by atoms with Crippen molar-refractivity contribution in [3.63, 3.8) is 0 Å². The highest BCUT2D eigenvalue weighted by Gasteiger charge is 2.46. The molecule has 0 spiro atoms. The highest BCUT2D eigenvalue weighted by atomic mass is 15.2. The highest BCUT2D eigenvalue weighted by molar-refractivity contribution is 5.16. The van der Waals surface area contributed by atoms with Gasteiger partial charge >= 0.3 is 0 Å². The van der Waals surface area contributed by atoms with Crippen LogP contribution in [0.4, 0.5) is 0 Å². The molecule has 0 aliphatic heterocycles. The maximum atomic E-state index is 9.67. The smallest absolute Gasteiger partial charge is 0.122 e. The second kappa shape index (κ2) is 6.24. The van der Waals surface area contributed by atoms with Crippen LogP contribution in [0.2, 0.25) is 0 Å². The van der Waals surface area contributed by atoms with Gasteiger partial charge < -0.3 is 4.90 Å². The number of nitrogens with zero attached hydrogens (tertiary/aromatic N) is 2. The molecule has 2 rings (SSSR count). The lowest BCUT2D eigenvalue weighted by molar-refractivity contribution is 0.134. The van der Waals surface area contributed by atoms with Crippen LogP contribution in [-0.2, 0) is 0 Å². The molecule has 1 atom stereocenters. The zero-order valence-electron chi connectivity index (χ0n) is 12.8. The molecule has 2 aliphatic carbocycles. The minimum Gasteiger partial charge on any atom is -0.301 e. The molecule has 1 unspecified atom stereocenters. The van der Waals surface area contributed by atoms with E-state index in [0.717, 1.165) is 19.0 Å². The average molecular weight is 263 g/mol. The first-order chi connectivity index (χ1) is 9.11. The van der Waals surface area contributed by atoms with Crippen LogP contribution >= 0.6 is 0 Å². The maximum Gasteiger partial charge on any atom is 0.122 e. The summed E-state index contributed by atoms with van der Waals surface area (Å²) < 4.78 is 0. The fourth-order valence-corrected chi connectivity index (χ4v) is 3.59. The van der Waals surface area contributed by atoms with Gasteiger partial charge in [-0.3, -0.25) is 5.32 Å². The number of likely N-dealkylation sites (N-methyl/N-ethyl adjacent to an activating group) is 2. The Balaban J connectivity index is 1.95. The van der Waals surface area contributed by atoms with Gasteiger partial charge in [-0.1, -0.05) is 13.8 Å². The van der Waals surface area contributed by atoms with Gasteiger partial charge in [0.15, 0.2) is 0 Å². The molecule has 2 fully saturated rings. The van der Waals surface area contributed by atoms with Crippen LogP contribution in [0, 0.1) is 23.2 Å². The Morgan fingerprint density at radius 3 is 2.32 bits per heavy atom. The van der Waals surface area contributed by atoms with Crippen molar-refractivity contribution in [3.8, 4) is 6.07 Å². The van der Waals surface area contributed by atoms with Crippen molar-refractivity contribution < 1.29 is 0 Å². The van der Waals surface area contributed by atoms with Gasteiger partial charge in [0.1, 0.15) is 5.54 Å². The largest absolute Gasteiger partial charge is 0.301 e. The summed E-state index contributed by atoms with van der Waals surface area (Å²) in [5.41, 5.74) is -0.299. The molecule has 3 heteroatoms. The van der Waals surface area contributed by atoms with Gasteiger partial charge in [-0.05, 0) is 64.0 Å². The molecule has 19 heavy (non-hydrogen) atoms. The molecule has 0 aromatic carbocycles. The van der Waals surface area contributed by atoms with E-state index < -0.39 is 0 Å². The van der Waals surface area contributed by atoms with E-state index in [2.05, 4.69) is 37.2 Å². The predicted molar refractivity (Wildman–Crippen MR) is 78.8 cm³/mol. The Bertz CT molecular complexity index is 323. The fraction of sp³-hybridized carbons (Fsp3) is 0.938. The van der Waals surface area contributed by atoms with E-state index in [1.54, 1.807) is 0 Å². The molecule has 1 N–H and O–H groups in total. The van der Waals surface area contributed by atoms with Crippen molar-refractivity contribution in [2.75, 3.05) is 20.1 Å². The second-order valence-electron chi connectivity index (χ2n) is 6.72. The van der Waals surface area contributed by atoms with Gasteiger partial charge in [0.05, 0.1) is 6.07 Å². The van der Waals surface area contributed by atoms with Gasteiger partial charge in [0.25, 0.3) is 0 Å². The third-order valence-electron chi connectivity index (χ3n) is 5.07. The molecule has 108 valence electrons. The molecule has 0 aromatic rings. The van der Waals surface area contributed by atoms with E-state index in [-0.39, 0.29) is 5.54 Å². The zero-order chi connectivity index (χ0) is 13.9. The molecule has 3 nitrogen and oxygen atoms in total. The van der Waals surface area contributed by atoms with E-state index in [0.29, 0.717) is 12.0 Å². The molecule has 0 aromatic heterocycles. The van der Waals surface area contributed by atoms with Crippen molar-refractivity contribution in [1.29, 1.82) is 5.26 Å². The maximum absolute atomic E-state index is 9.67. The second-order valence-corrected chi connectivity index (χ2v) is 6.72. The molecule has 2 saturated carbocycles. The van der Waals surface area contributed by atoms with Crippen LogP contribution in [0.25, 0.3) is 0 Å². The van der Waals surface area contributed by atoms with Crippen LogP contribution < -0.4 is 5.32 Å². The number of nitrogens with one attached hydrogen (secondary N) is 1. The summed E-state index contributed by atoms with van der Waals surface area (Å²) in [5.74, 6) is 1.46. The van der Waals surface area contributed by atoms with Crippen LogP contribution in [0.5, 0.6) is 0 Å². The Kier molecular flexibility index (Phi) is 4.86. The van der Waals surface area contributed by atoms with Crippen molar-refractivity contribution in [2.24, 2.45) is 11.8 Å². The van der Waals surface area contributed by atoms with Crippen LogP contribution in [-0.4, -0.2) is 36.6 Å². The lowest BCUT2D eigenvalue weighted by Gasteiger charge is -2.39. The summed E-state index contributed by atoms with van der Waals surface area (Å²) in [4.78, 5) is 2.45.